The Kier molecular flexibility index (Phi) is 6.22. The highest BCUT2D eigenvalue weighted by atomic mass is 32.2. The first kappa shape index (κ1) is 24.5. The van der Waals surface area contributed by atoms with Crippen molar-refractivity contribution in [3.05, 3.63) is 65.9 Å². The number of sulfonamides is 1. The van der Waals surface area contributed by atoms with Gasteiger partial charge in [0.2, 0.25) is 0 Å². The highest BCUT2D eigenvalue weighted by Gasteiger charge is 2.41. The van der Waals surface area contributed by atoms with Gasteiger partial charge in [-0.25, -0.2) is 31.9 Å². The average Bonchev–Trinajstić information content (AvgIpc) is 3.05. The van der Waals surface area contributed by atoms with Gasteiger partial charge in [-0.05, 0) is 62.6 Å². The molecule has 1 aromatic carbocycles. The van der Waals surface area contributed by atoms with Crippen molar-refractivity contribution in [2.75, 3.05) is 17.2 Å². The van der Waals surface area contributed by atoms with Crippen LogP contribution < -0.4 is 15.4 Å². The number of carbonyl (C=O) groups excluding carboxylic acids is 1. The molecule has 1 unspecified atom stereocenters. The predicted octanol–water partition coefficient (Wildman–Crippen LogP) is 3.75. The van der Waals surface area contributed by atoms with E-state index in [1.165, 1.54) is 36.5 Å². The Bertz CT molecular complexity index is 1410. The molecule has 0 spiro atoms. The molecule has 1 saturated heterocycles. The van der Waals surface area contributed by atoms with Crippen LogP contribution in [0.2, 0.25) is 0 Å². The zero-order chi connectivity index (χ0) is 25.5. The molecule has 35 heavy (non-hydrogen) atoms. The summed E-state index contributed by atoms with van der Waals surface area (Å²) in [6.07, 6.45) is 2.15. The smallest absolute Gasteiger partial charge is 0.268 e. The van der Waals surface area contributed by atoms with E-state index in [0.717, 1.165) is 18.6 Å². The number of hydrogen-bond donors (Lipinski definition) is 2. The monoisotopic (exact) mass is 501 g/mol. The van der Waals surface area contributed by atoms with Crippen LogP contribution in [0, 0.1) is 17.6 Å². The number of halogens is 2. The SMILES string of the molecule is CC1CCN(c2nc(-c3ccc(F)cc3F)ccc2C(=O)NS(=O)(=O)c2cccnc2N)C1(C)C. The second-order valence-corrected chi connectivity index (χ2v) is 10.7. The van der Waals surface area contributed by atoms with E-state index in [-0.39, 0.29) is 39.3 Å². The summed E-state index contributed by atoms with van der Waals surface area (Å²) >= 11 is 0. The Morgan fingerprint density at radius 1 is 1.20 bits per heavy atom. The second kappa shape index (κ2) is 8.88. The lowest BCUT2D eigenvalue weighted by Crippen LogP contribution is -2.43. The van der Waals surface area contributed by atoms with Crippen molar-refractivity contribution >= 4 is 27.6 Å². The molecule has 1 fully saturated rings. The minimum absolute atomic E-state index is 0.00974. The normalized spacial score (nSPS) is 17.4. The van der Waals surface area contributed by atoms with Crippen LogP contribution in [0.15, 0.2) is 53.6 Å². The van der Waals surface area contributed by atoms with Crippen LogP contribution in [0.25, 0.3) is 11.3 Å². The number of carbonyl (C=O) groups is 1. The summed E-state index contributed by atoms with van der Waals surface area (Å²) in [4.78, 5) is 23.1. The number of nitrogens with one attached hydrogen (secondary N) is 1. The van der Waals surface area contributed by atoms with Gasteiger partial charge in [0.05, 0.1) is 11.3 Å². The third kappa shape index (κ3) is 4.55. The Labute approximate surface area is 202 Å². The van der Waals surface area contributed by atoms with E-state index in [0.29, 0.717) is 6.54 Å². The second-order valence-electron chi connectivity index (χ2n) is 9.01. The molecular formula is C24H25F2N5O3S. The first-order valence-corrected chi connectivity index (χ1v) is 12.4. The van der Waals surface area contributed by atoms with Gasteiger partial charge in [-0.15, -0.1) is 0 Å². The lowest BCUT2D eigenvalue weighted by atomic mass is 9.90. The molecule has 2 aromatic heterocycles. The van der Waals surface area contributed by atoms with E-state index in [9.17, 15) is 22.0 Å². The van der Waals surface area contributed by atoms with Gasteiger partial charge in [0.15, 0.2) is 0 Å². The van der Waals surface area contributed by atoms with E-state index in [1.54, 1.807) is 0 Å². The fourth-order valence-corrected chi connectivity index (χ4v) is 5.20. The number of pyridine rings is 2. The quantitative estimate of drug-likeness (QED) is 0.547. The minimum Gasteiger partial charge on any atom is -0.383 e. The molecule has 0 saturated carbocycles. The molecule has 1 amide bonds. The number of hydrogen-bond acceptors (Lipinski definition) is 7. The van der Waals surface area contributed by atoms with Gasteiger partial charge < -0.3 is 10.6 Å². The van der Waals surface area contributed by atoms with Crippen LogP contribution in [-0.2, 0) is 10.0 Å². The minimum atomic E-state index is -4.33. The molecule has 0 radical (unpaired) electrons. The first-order valence-electron chi connectivity index (χ1n) is 10.9. The molecule has 8 nitrogen and oxygen atoms in total. The summed E-state index contributed by atoms with van der Waals surface area (Å²) in [5, 5.41) is 0. The lowest BCUT2D eigenvalue weighted by molar-refractivity contribution is 0.0981. The van der Waals surface area contributed by atoms with E-state index in [1.807, 2.05) is 23.5 Å². The Balaban J connectivity index is 1.80. The zero-order valence-electron chi connectivity index (χ0n) is 19.4. The molecule has 0 bridgehead atoms. The van der Waals surface area contributed by atoms with E-state index < -0.39 is 33.1 Å². The van der Waals surface area contributed by atoms with Crippen LogP contribution in [0.4, 0.5) is 20.4 Å². The molecule has 3 aromatic rings. The Hall–Kier alpha value is -3.60. The van der Waals surface area contributed by atoms with Crippen LogP contribution in [0.3, 0.4) is 0 Å². The number of nitrogens with zero attached hydrogens (tertiary/aromatic N) is 3. The zero-order valence-corrected chi connectivity index (χ0v) is 20.2. The summed E-state index contributed by atoms with van der Waals surface area (Å²) in [6.45, 7) is 6.61. The van der Waals surface area contributed by atoms with Crippen LogP contribution >= 0.6 is 0 Å². The Morgan fingerprint density at radius 2 is 1.94 bits per heavy atom. The molecule has 11 heteroatoms. The number of anilines is 2. The maximum Gasteiger partial charge on any atom is 0.268 e. The predicted molar refractivity (Wildman–Crippen MR) is 128 cm³/mol. The van der Waals surface area contributed by atoms with Crippen molar-refractivity contribution in [1.82, 2.24) is 14.7 Å². The molecule has 1 aliphatic heterocycles. The fraction of sp³-hybridized carbons (Fsp3) is 0.292. The van der Waals surface area contributed by atoms with Crippen molar-refractivity contribution in [1.29, 1.82) is 0 Å². The van der Waals surface area contributed by atoms with Gasteiger partial charge in [0.25, 0.3) is 15.9 Å². The van der Waals surface area contributed by atoms with Crippen molar-refractivity contribution in [2.45, 2.75) is 37.6 Å². The van der Waals surface area contributed by atoms with E-state index in [4.69, 9.17) is 5.73 Å². The first-order chi connectivity index (χ1) is 16.4. The molecule has 1 atom stereocenters. The van der Waals surface area contributed by atoms with Crippen molar-refractivity contribution in [3.8, 4) is 11.3 Å². The summed E-state index contributed by atoms with van der Waals surface area (Å²) in [7, 11) is -4.33. The van der Waals surface area contributed by atoms with E-state index in [2.05, 4.69) is 16.9 Å². The van der Waals surface area contributed by atoms with Crippen LogP contribution in [0.5, 0.6) is 0 Å². The standard InChI is InChI=1S/C24H25F2N5O3S/c1-14-10-12-31(24(14,2)3)22-17(8-9-19(29-22)16-7-6-15(25)13-18(16)26)23(32)30-35(33,34)20-5-4-11-28-21(20)27/h4-9,11,13-14H,10,12H2,1-3H3,(H2,27,28)(H,30,32). The molecular weight excluding hydrogens is 476 g/mol. The maximum absolute atomic E-state index is 14.5. The van der Waals surface area contributed by atoms with E-state index >= 15 is 0 Å². The maximum atomic E-state index is 14.5. The highest BCUT2D eigenvalue weighted by Crippen LogP contribution is 2.39. The lowest BCUT2D eigenvalue weighted by Gasteiger charge is -2.36. The summed E-state index contributed by atoms with van der Waals surface area (Å²) < 4.78 is 55.7. The van der Waals surface area contributed by atoms with Gasteiger partial charge in [-0.2, -0.15) is 0 Å². The summed E-state index contributed by atoms with van der Waals surface area (Å²) in [5.74, 6) is -2.25. The van der Waals surface area contributed by atoms with Crippen molar-refractivity contribution < 1.29 is 22.0 Å². The largest absolute Gasteiger partial charge is 0.383 e. The number of benzene rings is 1. The average molecular weight is 502 g/mol. The Morgan fingerprint density at radius 3 is 2.57 bits per heavy atom. The van der Waals surface area contributed by atoms with Gasteiger partial charge in [-0.3, -0.25) is 4.79 Å². The third-order valence-corrected chi connectivity index (χ3v) is 7.96. The molecule has 0 aliphatic carbocycles. The molecule has 4 rings (SSSR count). The number of rotatable bonds is 5. The number of aromatic nitrogens is 2. The van der Waals surface area contributed by atoms with Crippen LogP contribution in [-0.4, -0.2) is 36.4 Å². The van der Waals surface area contributed by atoms with Gasteiger partial charge in [-0.1, -0.05) is 6.92 Å². The highest BCUT2D eigenvalue weighted by molar-refractivity contribution is 7.90. The van der Waals surface area contributed by atoms with Crippen LogP contribution in [0.1, 0.15) is 37.6 Å². The number of amides is 1. The summed E-state index contributed by atoms with van der Waals surface area (Å²) in [6, 6.07) is 8.55. The molecule has 3 N–H and O–H groups in total. The van der Waals surface area contributed by atoms with Gasteiger partial charge >= 0.3 is 0 Å². The molecule has 184 valence electrons. The van der Waals surface area contributed by atoms with Gasteiger partial charge in [0, 0.05) is 29.9 Å². The number of nitrogen functional groups attached to an aromatic ring is 1. The number of nitrogens with two attached hydrogens (primary N) is 1. The fourth-order valence-electron chi connectivity index (χ4n) is 4.15. The molecule has 1 aliphatic rings. The topological polar surface area (TPSA) is 118 Å². The van der Waals surface area contributed by atoms with Crippen molar-refractivity contribution in [2.24, 2.45) is 5.92 Å². The third-order valence-electron chi connectivity index (χ3n) is 6.59. The van der Waals surface area contributed by atoms with Gasteiger partial charge in [0.1, 0.15) is 28.2 Å². The molecule has 3 heterocycles. The van der Waals surface area contributed by atoms with Crippen molar-refractivity contribution in [3.63, 3.8) is 0 Å². The summed E-state index contributed by atoms with van der Waals surface area (Å²) in [5.41, 5.74) is 5.49.